The van der Waals surface area contributed by atoms with Gasteiger partial charge < -0.3 is 5.32 Å². The number of carbonyl (C=O) groups excluding carboxylic acids is 1. The quantitative estimate of drug-likeness (QED) is 0.741. The third-order valence-electron chi connectivity index (χ3n) is 3.95. The van der Waals surface area contributed by atoms with E-state index in [2.05, 4.69) is 15.4 Å². The molecule has 3 rings (SSSR count). The van der Waals surface area contributed by atoms with E-state index in [0.717, 1.165) is 6.07 Å². The van der Waals surface area contributed by atoms with E-state index < -0.39 is 11.9 Å². The number of fused-ring (bicyclic) bond motifs is 1. The number of rotatable bonds is 3. The summed E-state index contributed by atoms with van der Waals surface area (Å²) in [5.41, 5.74) is 0.174. The van der Waals surface area contributed by atoms with Crippen LogP contribution < -0.4 is 5.32 Å². The first-order valence-electron chi connectivity index (χ1n) is 7.63. The molecule has 0 fully saturated rings. The van der Waals surface area contributed by atoms with Gasteiger partial charge in [-0.25, -0.2) is 4.98 Å². The standard InChI is InChI=1S/C17H14ClF3N4O/c1-9(12-8-22-25(2)15(12)18)23-16(26)11-3-5-13-10(7-11)4-6-14(24-13)17(19,20)21/h3-9H,1-2H3,(H,23,26). The van der Waals surface area contributed by atoms with Crippen molar-refractivity contribution in [1.82, 2.24) is 20.1 Å². The van der Waals surface area contributed by atoms with Crippen molar-refractivity contribution in [2.75, 3.05) is 0 Å². The molecule has 0 spiro atoms. The maximum absolute atomic E-state index is 12.7. The molecule has 1 amide bonds. The number of nitrogens with zero attached hydrogens (tertiary/aromatic N) is 3. The van der Waals surface area contributed by atoms with Crippen LogP contribution in [0.15, 0.2) is 36.5 Å². The van der Waals surface area contributed by atoms with Crippen LogP contribution in [0.1, 0.15) is 34.6 Å². The molecule has 2 heterocycles. The Bertz CT molecular complexity index is 984. The predicted molar refractivity (Wildman–Crippen MR) is 90.8 cm³/mol. The fourth-order valence-corrected chi connectivity index (χ4v) is 2.77. The van der Waals surface area contributed by atoms with E-state index in [4.69, 9.17) is 11.6 Å². The minimum Gasteiger partial charge on any atom is -0.345 e. The van der Waals surface area contributed by atoms with Crippen LogP contribution in [0.5, 0.6) is 0 Å². The number of aromatic nitrogens is 3. The minimum absolute atomic E-state index is 0.166. The van der Waals surface area contributed by atoms with Crippen molar-refractivity contribution < 1.29 is 18.0 Å². The number of pyridine rings is 1. The summed E-state index contributed by atoms with van der Waals surface area (Å²) in [6.45, 7) is 1.76. The topological polar surface area (TPSA) is 59.8 Å². The Morgan fingerprint density at radius 3 is 2.62 bits per heavy atom. The maximum Gasteiger partial charge on any atom is 0.433 e. The molecular formula is C17H14ClF3N4O. The fourth-order valence-electron chi connectivity index (χ4n) is 2.51. The Kier molecular flexibility index (Phi) is 4.62. The number of hydrogen-bond acceptors (Lipinski definition) is 3. The van der Waals surface area contributed by atoms with Gasteiger partial charge in [0.2, 0.25) is 0 Å². The Balaban J connectivity index is 1.83. The number of carbonyl (C=O) groups is 1. The molecule has 1 atom stereocenters. The van der Waals surface area contributed by atoms with Gasteiger partial charge in [-0.3, -0.25) is 9.48 Å². The molecule has 9 heteroatoms. The van der Waals surface area contributed by atoms with Crippen molar-refractivity contribution >= 4 is 28.4 Å². The van der Waals surface area contributed by atoms with Crippen molar-refractivity contribution in [3.63, 3.8) is 0 Å². The highest BCUT2D eigenvalue weighted by Gasteiger charge is 2.32. The van der Waals surface area contributed by atoms with Gasteiger partial charge >= 0.3 is 6.18 Å². The number of hydrogen-bond donors (Lipinski definition) is 1. The number of amides is 1. The summed E-state index contributed by atoms with van der Waals surface area (Å²) < 4.78 is 39.6. The van der Waals surface area contributed by atoms with Crippen LogP contribution in [0.3, 0.4) is 0 Å². The van der Waals surface area contributed by atoms with E-state index in [9.17, 15) is 18.0 Å². The number of aryl methyl sites for hydroxylation is 1. The highest BCUT2D eigenvalue weighted by atomic mass is 35.5. The second-order valence-electron chi connectivity index (χ2n) is 5.81. The van der Waals surface area contributed by atoms with Crippen molar-refractivity contribution in [2.24, 2.45) is 7.05 Å². The monoisotopic (exact) mass is 382 g/mol. The van der Waals surface area contributed by atoms with Crippen LogP contribution in [0, 0.1) is 0 Å². The molecule has 1 unspecified atom stereocenters. The molecule has 1 N–H and O–H groups in total. The second-order valence-corrected chi connectivity index (χ2v) is 6.17. The zero-order valence-electron chi connectivity index (χ0n) is 13.8. The average molecular weight is 383 g/mol. The molecule has 5 nitrogen and oxygen atoms in total. The van der Waals surface area contributed by atoms with Crippen LogP contribution in [0.2, 0.25) is 5.15 Å². The van der Waals surface area contributed by atoms with Crippen molar-refractivity contribution in [1.29, 1.82) is 0 Å². The first kappa shape index (κ1) is 18.2. The summed E-state index contributed by atoms with van der Waals surface area (Å²) in [5.74, 6) is -0.376. The first-order chi connectivity index (χ1) is 12.2. The lowest BCUT2D eigenvalue weighted by Crippen LogP contribution is -2.26. The Morgan fingerprint density at radius 2 is 2.00 bits per heavy atom. The molecular weight excluding hydrogens is 369 g/mol. The predicted octanol–water partition coefficient (Wildman–Crippen LogP) is 4.13. The molecule has 0 aliphatic carbocycles. The van der Waals surface area contributed by atoms with Crippen LogP contribution in [0.4, 0.5) is 13.2 Å². The normalized spacial score (nSPS) is 13.0. The van der Waals surface area contributed by atoms with Crippen LogP contribution in [-0.4, -0.2) is 20.7 Å². The number of halogens is 4. The summed E-state index contributed by atoms with van der Waals surface area (Å²) in [6, 6.07) is 6.12. The van der Waals surface area contributed by atoms with E-state index in [1.807, 2.05) is 0 Å². The highest BCUT2D eigenvalue weighted by molar-refractivity contribution is 6.30. The Labute approximate surface area is 151 Å². The van der Waals surface area contributed by atoms with Gasteiger partial charge in [-0.2, -0.15) is 18.3 Å². The number of alkyl halides is 3. The van der Waals surface area contributed by atoms with Gasteiger partial charge in [0.05, 0.1) is 17.8 Å². The average Bonchev–Trinajstić information content (AvgIpc) is 2.92. The lowest BCUT2D eigenvalue weighted by molar-refractivity contribution is -0.140. The van der Waals surface area contributed by atoms with E-state index in [0.29, 0.717) is 21.7 Å². The van der Waals surface area contributed by atoms with Gasteiger partial charge in [-0.15, -0.1) is 0 Å². The van der Waals surface area contributed by atoms with E-state index in [1.54, 1.807) is 20.2 Å². The zero-order valence-corrected chi connectivity index (χ0v) is 14.6. The van der Waals surface area contributed by atoms with Crippen molar-refractivity contribution in [2.45, 2.75) is 19.1 Å². The van der Waals surface area contributed by atoms with Crippen molar-refractivity contribution in [3.05, 3.63) is 58.5 Å². The summed E-state index contributed by atoms with van der Waals surface area (Å²) in [6.07, 6.45) is -2.95. The third kappa shape index (κ3) is 3.50. The Hall–Kier alpha value is -2.61. The lowest BCUT2D eigenvalue weighted by Gasteiger charge is -2.13. The summed E-state index contributed by atoms with van der Waals surface area (Å²) >= 11 is 6.11. The summed E-state index contributed by atoms with van der Waals surface area (Å²) in [5, 5.41) is 7.67. The van der Waals surface area contributed by atoms with Crippen LogP contribution in [0.25, 0.3) is 10.9 Å². The molecule has 26 heavy (non-hydrogen) atoms. The molecule has 0 bridgehead atoms. The van der Waals surface area contributed by atoms with E-state index in [-0.39, 0.29) is 17.5 Å². The SMILES string of the molecule is CC(NC(=O)c1ccc2nc(C(F)(F)F)ccc2c1)c1cnn(C)c1Cl. The molecule has 2 aromatic heterocycles. The summed E-state index contributed by atoms with van der Waals surface area (Å²) in [4.78, 5) is 16.0. The lowest BCUT2D eigenvalue weighted by atomic mass is 10.1. The summed E-state index contributed by atoms with van der Waals surface area (Å²) in [7, 11) is 1.69. The van der Waals surface area contributed by atoms with Gasteiger partial charge in [0.25, 0.3) is 5.91 Å². The largest absolute Gasteiger partial charge is 0.433 e. The second kappa shape index (κ2) is 6.60. The number of nitrogens with one attached hydrogen (secondary N) is 1. The molecule has 0 saturated carbocycles. The molecule has 0 saturated heterocycles. The van der Waals surface area contributed by atoms with Gasteiger partial charge in [0.1, 0.15) is 10.8 Å². The van der Waals surface area contributed by atoms with Gasteiger partial charge in [0, 0.05) is 23.6 Å². The molecule has 136 valence electrons. The molecule has 0 radical (unpaired) electrons. The molecule has 0 aliphatic rings. The fraction of sp³-hybridized carbons (Fsp3) is 0.235. The van der Waals surface area contributed by atoms with Crippen LogP contribution >= 0.6 is 11.6 Å². The van der Waals surface area contributed by atoms with E-state index >= 15 is 0 Å². The van der Waals surface area contributed by atoms with Gasteiger partial charge in [0.15, 0.2) is 0 Å². The molecule has 0 aliphatic heterocycles. The van der Waals surface area contributed by atoms with Crippen molar-refractivity contribution in [3.8, 4) is 0 Å². The zero-order chi connectivity index (χ0) is 19.1. The maximum atomic E-state index is 12.7. The third-order valence-corrected chi connectivity index (χ3v) is 4.41. The van der Waals surface area contributed by atoms with Gasteiger partial charge in [-0.1, -0.05) is 17.7 Å². The smallest absolute Gasteiger partial charge is 0.345 e. The number of benzene rings is 1. The first-order valence-corrected chi connectivity index (χ1v) is 8.01. The Morgan fingerprint density at radius 1 is 1.27 bits per heavy atom. The highest BCUT2D eigenvalue weighted by Crippen LogP contribution is 2.29. The molecule has 1 aromatic carbocycles. The molecule has 3 aromatic rings. The van der Waals surface area contributed by atoms with E-state index in [1.165, 1.54) is 28.9 Å². The van der Waals surface area contributed by atoms with Crippen LogP contribution in [-0.2, 0) is 13.2 Å². The minimum atomic E-state index is -4.51. The van der Waals surface area contributed by atoms with Gasteiger partial charge in [-0.05, 0) is 31.2 Å².